The van der Waals surface area contributed by atoms with Gasteiger partial charge in [-0.05, 0) is 0 Å². The SMILES string of the molecule is COc1c(C#N)ncc(OC(F)(F)F)c1CN. The Bertz CT molecular complexity index is 454. The molecule has 0 radical (unpaired) electrons. The van der Waals surface area contributed by atoms with Gasteiger partial charge in [-0.25, -0.2) is 4.98 Å². The molecular weight excluding hydrogens is 239 g/mol. The zero-order valence-electron chi connectivity index (χ0n) is 8.71. The molecule has 92 valence electrons. The minimum atomic E-state index is -4.86. The van der Waals surface area contributed by atoms with E-state index in [9.17, 15) is 13.2 Å². The van der Waals surface area contributed by atoms with Gasteiger partial charge in [-0.3, -0.25) is 0 Å². The maximum absolute atomic E-state index is 12.1. The normalized spacial score (nSPS) is 10.8. The topological polar surface area (TPSA) is 81.2 Å². The first-order valence-corrected chi connectivity index (χ1v) is 4.34. The summed E-state index contributed by atoms with van der Waals surface area (Å²) < 4.78 is 44.8. The van der Waals surface area contributed by atoms with Crippen molar-refractivity contribution in [3.63, 3.8) is 0 Å². The molecule has 0 amide bonds. The van der Waals surface area contributed by atoms with Gasteiger partial charge in [0.25, 0.3) is 0 Å². The van der Waals surface area contributed by atoms with Crippen molar-refractivity contribution in [3.8, 4) is 17.6 Å². The standard InChI is InChI=1S/C9H8F3N3O2/c1-16-8-5(2-13)7(17-9(10,11)12)4-15-6(8)3-14/h4H,2,13H2,1H3. The van der Waals surface area contributed by atoms with Crippen molar-refractivity contribution in [3.05, 3.63) is 17.5 Å². The quantitative estimate of drug-likeness (QED) is 0.871. The zero-order valence-corrected chi connectivity index (χ0v) is 8.71. The van der Waals surface area contributed by atoms with E-state index in [-0.39, 0.29) is 23.6 Å². The third-order valence-corrected chi connectivity index (χ3v) is 1.84. The van der Waals surface area contributed by atoms with Gasteiger partial charge in [0.05, 0.1) is 18.9 Å². The third-order valence-electron chi connectivity index (χ3n) is 1.84. The van der Waals surface area contributed by atoms with E-state index in [1.165, 1.54) is 7.11 Å². The highest BCUT2D eigenvalue weighted by Gasteiger charge is 2.33. The number of halogens is 3. The molecule has 8 heteroatoms. The zero-order chi connectivity index (χ0) is 13.1. The fourth-order valence-corrected chi connectivity index (χ4v) is 1.22. The maximum atomic E-state index is 12.1. The monoisotopic (exact) mass is 247 g/mol. The second-order valence-electron chi connectivity index (χ2n) is 2.85. The first-order valence-electron chi connectivity index (χ1n) is 4.34. The van der Waals surface area contributed by atoms with E-state index >= 15 is 0 Å². The molecule has 0 aromatic carbocycles. The van der Waals surface area contributed by atoms with Crippen molar-refractivity contribution >= 4 is 0 Å². The molecule has 0 saturated carbocycles. The van der Waals surface area contributed by atoms with Gasteiger partial charge in [0.1, 0.15) is 6.07 Å². The molecule has 0 atom stereocenters. The Morgan fingerprint density at radius 1 is 1.53 bits per heavy atom. The summed E-state index contributed by atoms with van der Waals surface area (Å²) in [6, 6.07) is 1.68. The van der Waals surface area contributed by atoms with E-state index in [4.69, 9.17) is 15.7 Å². The van der Waals surface area contributed by atoms with Gasteiger partial charge in [0, 0.05) is 6.54 Å². The number of hydrogen-bond donors (Lipinski definition) is 1. The van der Waals surface area contributed by atoms with Gasteiger partial charge in [0.15, 0.2) is 17.2 Å². The molecule has 1 aromatic heterocycles. The Kier molecular flexibility index (Phi) is 3.75. The fraction of sp³-hybridized carbons (Fsp3) is 0.333. The number of rotatable bonds is 3. The van der Waals surface area contributed by atoms with Crippen molar-refractivity contribution in [2.45, 2.75) is 12.9 Å². The summed E-state index contributed by atoms with van der Waals surface area (Å²) in [7, 11) is 1.20. The Morgan fingerprint density at radius 3 is 2.59 bits per heavy atom. The minimum absolute atomic E-state index is 0.0589. The molecule has 0 unspecified atom stereocenters. The van der Waals surface area contributed by atoms with E-state index in [0.717, 1.165) is 6.20 Å². The van der Waals surface area contributed by atoms with Crippen LogP contribution in [0.3, 0.4) is 0 Å². The molecule has 0 spiro atoms. The van der Waals surface area contributed by atoms with Crippen LogP contribution in [0.2, 0.25) is 0 Å². The van der Waals surface area contributed by atoms with E-state index < -0.39 is 12.1 Å². The first kappa shape index (κ1) is 13.1. The predicted molar refractivity (Wildman–Crippen MR) is 50.1 cm³/mol. The maximum Gasteiger partial charge on any atom is 0.573 e. The van der Waals surface area contributed by atoms with Crippen LogP contribution in [0.1, 0.15) is 11.3 Å². The highest BCUT2D eigenvalue weighted by molar-refractivity contribution is 5.50. The number of ether oxygens (including phenoxy) is 2. The number of methoxy groups -OCH3 is 1. The van der Waals surface area contributed by atoms with Gasteiger partial charge < -0.3 is 15.2 Å². The lowest BCUT2D eigenvalue weighted by Crippen LogP contribution is -2.19. The predicted octanol–water partition coefficient (Wildman–Crippen LogP) is 1.32. The van der Waals surface area contributed by atoms with Crippen LogP contribution in [0.5, 0.6) is 11.5 Å². The Balaban J connectivity index is 3.30. The average Bonchev–Trinajstić information content (AvgIpc) is 2.26. The molecule has 1 rings (SSSR count). The van der Waals surface area contributed by atoms with E-state index in [1.54, 1.807) is 6.07 Å². The largest absolute Gasteiger partial charge is 0.573 e. The second kappa shape index (κ2) is 4.88. The fourth-order valence-electron chi connectivity index (χ4n) is 1.22. The molecule has 0 aliphatic rings. The number of nitriles is 1. The molecule has 0 bridgehead atoms. The molecule has 0 aliphatic carbocycles. The molecule has 0 aliphatic heterocycles. The third kappa shape index (κ3) is 2.98. The lowest BCUT2D eigenvalue weighted by molar-refractivity contribution is -0.275. The minimum Gasteiger partial charge on any atom is -0.493 e. The Hall–Kier alpha value is -2.01. The van der Waals surface area contributed by atoms with Crippen molar-refractivity contribution < 1.29 is 22.6 Å². The van der Waals surface area contributed by atoms with Crippen LogP contribution < -0.4 is 15.2 Å². The van der Waals surface area contributed by atoms with Crippen LogP contribution in [0.15, 0.2) is 6.20 Å². The molecule has 1 heterocycles. The second-order valence-corrected chi connectivity index (χ2v) is 2.85. The van der Waals surface area contributed by atoms with Gasteiger partial charge in [-0.2, -0.15) is 5.26 Å². The van der Waals surface area contributed by atoms with Crippen LogP contribution in [-0.2, 0) is 6.54 Å². The van der Waals surface area contributed by atoms with Gasteiger partial charge in [-0.1, -0.05) is 0 Å². The number of nitrogens with two attached hydrogens (primary N) is 1. The molecule has 0 fully saturated rings. The molecular formula is C9H8F3N3O2. The highest BCUT2D eigenvalue weighted by atomic mass is 19.4. The van der Waals surface area contributed by atoms with Crippen molar-refractivity contribution in [2.75, 3.05) is 7.11 Å². The molecule has 2 N–H and O–H groups in total. The van der Waals surface area contributed by atoms with Crippen LogP contribution in [0.4, 0.5) is 13.2 Å². The summed E-state index contributed by atoms with van der Waals surface area (Å²) in [6.07, 6.45) is -4.07. The lowest BCUT2D eigenvalue weighted by atomic mass is 10.2. The smallest absolute Gasteiger partial charge is 0.493 e. The average molecular weight is 247 g/mol. The molecule has 1 aromatic rings. The number of nitrogens with zero attached hydrogens (tertiary/aromatic N) is 2. The summed E-state index contributed by atoms with van der Waals surface area (Å²) in [4.78, 5) is 3.49. The number of aromatic nitrogens is 1. The van der Waals surface area contributed by atoms with Gasteiger partial charge in [0.2, 0.25) is 0 Å². The van der Waals surface area contributed by atoms with Gasteiger partial charge >= 0.3 is 6.36 Å². The highest BCUT2D eigenvalue weighted by Crippen LogP contribution is 2.33. The molecule has 0 saturated heterocycles. The summed E-state index contributed by atoms with van der Waals surface area (Å²) >= 11 is 0. The van der Waals surface area contributed by atoms with Crippen LogP contribution in [0.25, 0.3) is 0 Å². The Labute approximate surface area is 94.6 Å². The Morgan fingerprint density at radius 2 is 2.18 bits per heavy atom. The van der Waals surface area contributed by atoms with Crippen LogP contribution in [-0.4, -0.2) is 18.5 Å². The summed E-state index contributed by atoms with van der Waals surface area (Å²) in [5, 5.41) is 8.70. The van der Waals surface area contributed by atoms with E-state index in [2.05, 4.69) is 9.72 Å². The summed E-state index contributed by atoms with van der Waals surface area (Å²) in [5.41, 5.74) is 5.10. The number of alkyl halides is 3. The van der Waals surface area contributed by atoms with Crippen LogP contribution in [0, 0.1) is 11.3 Å². The van der Waals surface area contributed by atoms with Gasteiger partial charge in [-0.15, -0.1) is 13.2 Å². The van der Waals surface area contributed by atoms with E-state index in [0.29, 0.717) is 0 Å². The first-order chi connectivity index (χ1) is 7.92. The number of hydrogen-bond acceptors (Lipinski definition) is 5. The number of pyridine rings is 1. The summed E-state index contributed by atoms with van der Waals surface area (Å²) in [5.74, 6) is -0.687. The van der Waals surface area contributed by atoms with Crippen molar-refractivity contribution in [1.29, 1.82) is 5.26 Å². The summed E-state index contributed by atoms with van der Waals surface area (Å²) in [6.45, 7) is -0.272. The van der Waals surface area contributed by atoms with Crippen LogP contribution >= 0.6 is 0 Å². The molecule has 17 heavy (non-hydrogen) atoms. The van der Waals surface area contributed by atoms with Crippen molar-refractivity contribution in [1.82, 2.24) is 4.98 Å². The lowest BCUT2D eigenvalue weighted by Gasteiger charge is -2.14. The van der Waals surface area contributed by atoms with E-state index in [1.807, 2.05) is 0 Å². The molecule has 5 nitrogen and oxygen atoms in total. The van der Waals surface area contributed by atoms with Crippen molar-refractivity contribution in [2.24, 2.45) is 5.73 Å².